The molecule has 4 heteroatoms. The van der Waals surface area contributed by atoms with Crippen LogP contribution >= 0.6 is 0 Å². The van der Waals surface area contributed by atoms with E-state index in [1.165, 1.54) is 11.8 Å². The van der Waals surface area contributed by atoms with Crippen LogP contribution in [0.25, 0.3) is 0 Å². The zero-order valence-electron chi connectivity index (χ0n) is 11.8. The number of ketones is 1. The summed E-state index contributed by atoms with van der Waals surface area (Å²) in [5, 5.41) is 9.25. The van der Waals surface area contributed by atoms with E-state index in [1.807, 2.05) is 24.3 Å². The zero-order chi connectivity index (χ0) is 14.9. The van der Waals surface area contributed by atoms with Gasteiger partial charge in [0.2, 0.25) is 5.91 Å². The van der Waals surface area contributed by atoms with Crippen LogP contribution in [-0.2, 0) is 9.59 Å². The molecule has 0 unspecified atom stereocenters. The normalized spacial score (nSPS) is 17.0. The summed E-state index contributed by atoms with van der Waals surface area (Å²) in [5.41, 5.74) is 0.631. The molecule has 1 aromatic carbocycles. The Labute approximate surface area is 118 Å². The zero-order valence-corrected chi connectivity index (χ0v) is 11.8. The number of amides is 1. The number of hydrogen-bond donors (Lipinski definition) is 0. The van der Waals surface area contributed by atoms with E-state index in [9.17, 15) is 14.9 Å². The summed E-state index contributed by atoms with van der Waals surface area (Å²) in [5.74, 6) is -0.401. The number of para-hydroxylation sites is 1. The SMILES string of the molecule is CC(=O)N(C1=C(C#N)C(=O)C(C)(C)C1)c1ccccc1. The Morgan fingerprint density at radius 2 is 1.90 bits per heavy atom. The van der Waals surface area contributed by atoms with Gasteiger partial charge in [-0.3, -0.25) is 14.5 Å². The first-order valence-corrected chi connectivity index (χ1v) is 6.42. The highest BCUT2D eigenvalue weighted by Crippen LogP contribution is 2.40. The molecule has 0 spiro atoms. The van der Waals surface area contributed by atoms with Crippen LogP contribution in [0.2, 0.25) is 0 Å². The van der Waals surface area contributed by atoms with E-state index in [0.29, 0.717) is 17.8 Å². The number of hydrogen-bond acceptors (Lipinski definition) is 3. The molecule has 0 heterocycles. The lowest BCUT2D eigenvalue weighted by molar-refractivity contribution is -0.121. The summed E-state index contributed by atoms with van der Waals surface area (Å²) >= 11 is 0. The Morgan fingerprint density at radius 3 is 2.40 bits per heavy atom. The molecule has 0 N–H and O–H groups in total. The second kappa shape index (κ2) is 4.93. The van der Waals surface area contributed by atoms with Crippen molar-refractivity contribution in [2.24, 2.45) is 5.41 Å². The Morgan fingerprint density at radius 1 is 1.30 bits per heavy atom. The maximum Gasteiger partial charge on any atom is 0.228 e. The lowest BCUT2D eigenvalue weighted by atomic mass is 9.88. The Hall–Kier alpha value is -2.41. The van der Waals surface area contributed by atoms with Gasteiger partial charge in [-0.2, -0.15) is 5.26 Å². The first-order chi connectivity index (χ1) is 9.38. The van der Waals surface area contributed by atoms with Crippen molar-refractivity contribution in [3.05, 3.63) is 41.6 Å². The average Bonchev–Trinajstić information content (AvgIpc) is 2.61. The average molecular weight is 268 g/mol. The van der Waals surface area contributed by atoms with Crippen molar-refractivity contribution in [2.45, 2.75) is 27.2 Å². The Bertz CT molecular complexity index is 636. The summed E-state index contributed by atoms with van der Waals surface area (Å²) < 4.78 is 0. The molecule has 0 bridgehead atoms. The van der Waals surface area contributed by atoms with Gasteiger partial charge in [-0.1, -0.05) is 32.0 Å². The lowest BCUT2D eigenvalue weighted by Gasteiger charge is -2.24. The van der Waals surface area contributed by atoms with Gasteiger partial charge in [0.15, 0.2) is 5.78 Å². The standard InChI is InChI=1S/C16H16N2O2/c1-11(19)18(12-7-5-4-6-8-12)14-9-16(2,3)15(20)13(14)10-17/h4-8H,9H2,1-3H3. The predicted octanol–water partition coefficient (Wildman–Crippen LogP) is 2.82. The number of anilines is 1. The fourth-order valence-electron chi connectivity index (χ4n) is 2.47. The monoisotopic (exact) mass is 268 g/mol. The maximum atomic E-state index is 12.2. The molecule has 0 aliphatic heterocycles. The summed E-state index contributed by atoms with van der Waals surface area (Å²) in [6, 6.07) is 11.0. The van der Waals surface area contributed by atoms with Crippen molar-refractivity contribution in [3.63, 3.8) is 0 Å². The fourth-order valence-corrected chi connectivity index (χ4v) is 2.47. The van der Waals surface area contributed by atoms with E-state index in [4.69, 9.17) is 0 Å². The van der Waals surface area contributed by atoms with Crippen LogP contribution in [-0.4, -0.2) is 11.7 Å². The van der Waals surface area contributed by atoms with E-state index in [1.54, 1.807) is 26.0 Å². The van der Waals surface area contributed by atoms with Gasteiger partial charge in [0.1, 0.15) is 11.6 Å². The first kappa shape index (κ1) is 14.0. The number of allylic oxidation sites excluding steroid dienone is 2. The molecule has 4 nitrogen and oxygen atoms in total. The van der Waals surface area contributed by atoms with Crippen LogP contribution in [0.5, 0.6) is 0 Å². The highest BCUT2D eigenvalue weighted by molar-refractivity contribution is 6.09. The van der Waals surface area contributed by atoms with Crippen molar-refractivity contribution >= 4 is 17.4 Å². The number of nitrogens with zero attached hydrogens (tertiary/aromatic N) is 2. The molecule has 0 saturated heterocycles. The van der Waals surface area contributed by atoms with E-state index in [2.05, 4.69) is 0 Å². The van der Waals surface area contributed by atoms with Gasteiger partial charge in [-0.25, -0.2) is 0 Å². The molecule has 0 atom stereocenters. The molecule has 0 radical (unpaired) electrons. The highest BCUT2D eigenvalue weighted by atomic mass is 16.2. The van der Waals surface area contributed by atoms with Crippen LogP contribution in [0.1, 0.15) is 27.2 Å². The molecular weight excluding hydrogens is 252 g/mol. The first-order valence-electron chi connectivity index (χ1n) is 6.42. The number of benzene rings is 1. The van der Waals surface area contributed by atoms with Gasteiger partial charge >= 0.3 is 0 Å². The van der Waals surface area contributed by atoms with Crippen LogP contribution in [0, 0.1) is 16.7 Å². The van der Waals surface area contributed by atoms with Gasteiger partial charge in [-0.05, 0) is 12.1 Å². The smallest absolute Gasteiger partial charge is 0.228 e. The number of carbonyl (C=O) groups is 2. The number of carbonyl (C=O) groups excluding carboxylic acids is 2. The molecule has 1 aliphatic carbocycles. The van der Waals surface area contributed by atoms with Gasteiger partial charge in [0.25, 0.3) is 0 Å². The second-order valence-corrected chi connectivity index (χ2v) is 5.51. The molecule has 0 aromatic heterocycles. The highest BCUT2D eigenvalue weighted by Gasteiger charge is 2.42. The van der Waals surface area contributed by atoms with Crippen molar-refractivity contribution < 1.29 is 9.59 Å². The lowest BCUT2D eigenvalue weighted by Crippen LogP contribution is -2.28. The third kappa shape index (κ3) is 2.23. The molecule has 1 aliphatic rings. The molecule has 1 amide bonds. The molecule has 102 valence electrons. The molecular formula is C16H16N2O2. The van der Waals surface area contributed by atoms with Crippen LogP contribution in [0.3, 0.4) is 0 Å². The quantitative estimate of drug-likeness (QED) is 0.828. The van der Waals surface area contributed by atoms with E-state index < -0.39 is 5.41 Å². The maximum absolute atomic E-state index is 12.2. The fraction of sp³-hybridized carbons (Fsp3) is 0.312. The third-order valence-corrected chi connectivity index (χ3v) is 3.45. The van der Waals surface area contributed by atoms with Gasteiger partial charge < -0.3 is 0 Å². The molecule has 2 rings (SSSR count). The molecule has 0 saturated carbocycles. The van der Waals surface area contributed by atoms with Crippen LogP contribution in [0.15, 0.2) is 41.6 Å². The summed E-state index contributed by atoms with van der Waals surface area (Å²) in [7, 11) is 0. The van der Waals surface area contributed by atoms with E-state index in [-0.39, 0.29) is 17.3 Å². The number of Topliss-reactive ketones (excluding diaryl/α,β-unsaturated/α-hetero) is 1. The summed E-state index contributed by atoms with van der Waals surface area (Å²) in [6.07, 6.45) is 0.392. The van der Waals surface area contributed by atoms with E-state index in [0.717, 1.165) is 0 Å². The van der Waals surface area contributed by atoms with Gasteiger partial charge in [0.05, 0.1) is 0 Å². The van der Waals surface area contributed by atoms with Crippen LogP contribution < -0.4 is 4.90 Å². The minimum Gasteiger partial charge on any atom is -0.293 e. The Balaban J connectivity index is 2.57. The molecule has 20 heavy (non-hydrogen) atoms. The van der Waals surface area contributed by atoms with E-state index >= 15 is 0 Å². The van der Waals surface area contributed by atoms with Crippen LogP contribution in [0.4, 0.5) is 5.69 Å². The number of rotatable bonds is 2. The van der Waals surface area contributed by atoms with Crippen molar-refractivity contribution in [1.82, 2.24) is 0 Å². The summed E-state index contributed by atoms with van der Waals surface area (Å²) in [4.78, 5) is 25.7. The third-order valence-electron chi connectivity index (χ3n) is 3.45. The minimum atomic E-state index is -0.636. The molecule has 0 fully saturated rings. The molecule has 1 aromatic rings. The van der Waals surface area contributed by atoms with Gasteiger partial charge in [-0.15, -0.1) is 0 Å². The minimum absolute atomic E-state index is 0.0917. The van der Waals surface area contributed by atoms with Crippen molar-refractivity contribution in [1.29, 1.82) is 5.26 Å². The van der Waals surface area contributed by atoms with Gasteiger partial charge in [0, 0.05) is 30.1 Å². The summed E-state index contributed by atoms with van der Waals surface area (Å²) in [6.45, 7) is 5.02. The second-order valence-electron chi connectivity index (χ2n) is 5.51. The number of nitriles is 1. The van der Waals surface area contributed by atoms with Crippen molar-refractivity contribution in [3.8, 4) is 6.07 Å². The predicted molar refractivity (Wildman–Crippen MR) is 75.6 cm³/mol. The topological polar surface area (TPSA) is 61.2 Å². The Kier molecular flexibility index (Phi) is 3.46. The largest absolute Gasteiger partial charge is 0.293 e. The van der Waals surface area contributed by atoms with Crippen molar-refractivity contribution in [2.75, 3.05) is 4.90 Å².